The number of halogens is 2. The summed E-state index contributed by atoms with van der Waals surface area (Å²) in [5, 5.41) is 5.12. The monoisotopic (exact) mass is 310 g/mol. The van der Waals surface area contributed by atoms with Crippen molar-refractivity contribution in [2.24, 2.45) is 0 Å². The molecule has 0 heterocycles. The molecule has 0 aliphatic heterocycles. The summed E-state index contributed by atoms with van der Waals surface area (Å²) in [5.74, 6) is 0. The Labute approximate surface area is 113 Å². The molecule has 0 atom stereocenters. The van der Waals surface area contributed by atoms with E-state index < -0.39 is 14.0 Å². The van der Waals surface area contributed by atoms with Crippen LogP contribution in [0.15, 0.2) is 48.6 Å². The molecule has 0 radical (unpaired) electrons. The summed E-state index contributed by atoms with van der Waals surface area (Å²) in [7, 11) is 2.31. The Morgan fingerprint density at radius 3 is 1.25 bits per heavy atom. The maximum absolute atomic E-state index is 2.56. The van der Waals surface area contributed by atoms with Crippen LogP contribution in [0.25, 0.3) is 0 Å². The standard InChI is InChI=1S/2C5H5.2CH3.2ClH.H2Si.Ti/c2*1-2-4-5-3-1;;;;;;/h2*1-5H;2*1H3;2*1H;1H2;. The average Bonchev–Trinajstić information content (AvgIpc) is 2.78. The molecule has 0 N–H and O–H groups in total. The van der Waals surface area contributed by atoms with Gasteiger partial charge in [0.05, 0.1) is 0 Å². The zero-order chi connectivity index (χ0) is 10.3. The van der Waals surface area contributed by atoms with Crippen LogP contribution in [-0.4, -0.2) is 7.63 Å². The van der Waals surface area contributed by atoms with E-state index in [9.17, 15) is 0 Å². The second kappa shape index (κ2) is 5.41. The molecule has 0 fully saturated rings. The summed E-state index contributed by atoms with van der Waals surface area (Å²) >= 11 is -2.35. The van der Waals surface area contributed by atoms with Gasteiger partial charge in [-0.3, -0.25) is 0 Å². The van der Waals surface area contributed by atoms with Crippen LogP contribution >= 0.6 is 24.8 Å². The fourth-order valence-corrected chi connectivity index (χ4v) is 9.93. The summed E-state index contributed by atoms with van der Waals surface area (Å²) in [6.45, 7) is 0. The Kier molecular flexibility index (Phi) is 5.57. The van der Waals surface area contributed by atoms with Gasteiger partial charge >= 0.3 is 89.2 Å². The van der Waals surface area contributed by atoms with E-state index >= 15 is 0 Å². The van der Waals surface area contributed by atoms with Gasteiger partial charge in [0, 0.05) is 0 Å². The number of allylic oxidation sites excluding steroid dienone is 8. The predicted octanol–water partition coefficient (Wildman–Crippen LogP) is 3.99. The topological polar surface area (TPSA) is 0 Å². The molecule has 0 aromatic heterocycles. The van der Waals surface area contributed by atoms with E-state index in [1.54, 1.807) is 0 Å². The van der Waals surface area contributed by atoms with Gasteiger partial charge < -0.3 is 0 Å². The quantitative estimate of drug-likeness (QED) is 0.676. The third-order valence-electron chi connectivity index (χ3n) is 3.69. The molecule has 4 heteroatoms. The van der Waals surface area contributed by atoms with E-state index in [4.69, 9.17) is 0 Å². The van der Waals surface area contributed by atoms with Gasteiger partial charge in [0.15, 0.2) is 0 Å². The van der Waals surface area contributed by atoms with Crippen molar-refractivity contribution in [1.29, 1.82) is 0 Å². The van der Waals surface area contributed by atoms with Crippen molar-refractivity contribution in [3.63, 3.8) is 0 Å². The second-order valence-corrected chi connectivity index (χ2v) is 26.0. The average molecular weight is 311 g/mol. The first kappa shape index (κ1) is 16.5. The summed E-state index contributed by atoms with van der Waals surface area (Å²) in [4.78, 5) is 0. The first-order valence-electron chi connectivity index (χ1n) is 5.26. The molecule has 0 saturated heterocycles. The summed E-state index contributed by atoms with van der Waals surface area (Å²) in [5.41, 5.74) is 0. The van der Waals surface area contributed by atoms with Gasteiger partial charge in [0.1, 0.15) is 0 Å². The van der Waals surface area contributed by atoms with E-state index in [0.717, 1.165) is 8.45 Å². The maximum atomic E-state index is 2.56. The van der Waals surface area contributed by atoms with Crippen LogP contribution in [0.4, 0.5) is 0 Å². The molecule has 0 aromatic carbocycles. The minimum absolute atomic E-state index is 0. The molecule has 2 rings (SSSR count). The molecular formula is C12H20Cl2SiTi. The molecule has 0 saturated carbocycles. The van der Waals surface area contributed by atoms with Crippen molar-refractivity contribution in [2.45, 2.75) is 18.9 Å². The molecule has 0 unspecified atom stereocenters. The molecule has 0 amide bonds. The Bertz CT molecular complexity index is 368. The van der Waals surface area contributed by atoms with Gasteiger partial charge in [-0.1, -0.05) is 0 Å². The van der Waals surface area contributed by atoms with Crippen LogP contribution in [-0.2, 0) is 14.0 Å². The van der Waals surface area contributed by atoms with Crippen LogP contribution in [0.3, 0.4) is 0 Å². The second-order valence-electron chi connectivity index (χ2n) is 5.53. The van der Waals surface area contributed by atoms with Crippen LogP contribution in [0.2, 0.25) is 18.9 Å². The molecule has 0 bridgehead atoms. The van der Waals surface area contributed by atoms with Crippen molar-refractivity contribution in [3.8, 4) is 0 Å². The van der Waals surface area contributed by atoms with E-state index in [1.165, 1.54) is 0 Å². The zero-order valence-corrected chi connectivity index (χ0v) is 14.4. The first-order chi connectivity index (χ1) is 6.49. The normalized spacial score (nSPS) is 19.9. The van der Waals surface area contributed by atoms with Crippen molar-refractivity contribution < 1.29 is 14.0 Å². The molecule has 2 aliphatic carbocycles. The Morgan fingerprint density at radius 2 is 1.00 bits per heavy atom. The summed E-state index contributed by atoms with van der Waals surface area (Å²) < 4.78 is 1.48. The van der Waals surface area contributed by atoms with Crippen molar-refractivity contribution in [2.75, 3.05) is 0 Å². The van der Waals surface area contributed by atoms with E-state index in [2.05, 4.69) is 66.7 Å². The van der Waals surface area contributed by atoms with Crippen LogP contribution in [0, 0.1) is 0 Å². The van der Waals surface area contributed by atoms with E-state index in [-0.39, 0.29) is 24.8 Å². The first-order valence-corrected chi connectivity index (χ1v) is 14.2. The predicted molar refractivity (Wildman–Crippen MR) is 78.8 cm³/mol. The van der Waals surface area contributed by atoms with Gasteiger partial charge in [0.25, 0.3) is 0 Å². The molecule has 90 valence electrons. The number of hydrogen-bond acceptors (Lipinski definition) is 0. The fraction of sp³-hybridized carbons (Fsp3) is 0.333. The minimum atomic E-state index is -2.35. The van der Waals surface area contributed by atoms with Gasteiger partial charge in [0.2, 0.25) is 0 Å². The molecular weight excluding hydrogens is 291 g/mol. The molecule has 16 heavy (non-hydrogen) atoms. The summed E-state index contributed by atoms with van der Waals surface area (Å²) in [6.07, 6.45) is 18.4. The number of hydrogen-bond donors (Lipinski definition) is 0. The van der Waals surface area contributed by atoms with Gasteiger partial charge in [-0.2, -0.15) is 0 Å². The zero-order valence-electron chi connectivity index (χ0n) is 9.80. The van der Waals surface area contributed by atoms with Gasteiger partial charge in [-0.25, -0.2) is 0 Å². The molecule has 0 spiro atoms. The third-order valence-corrected chi connectivity index (χ3v) is 15.6. The Hall–Kier alpha value is 0.471. The van der Waals surface area contributed by atoms with Crippen LogP contribution in [0.5, 0.6) is 0 Å². The Morgan fingerprint density at radius 1 is 0.750 bits per heavy atom. The van der Waals surface area contributed by atoms with Crippen LogP contribution < -0.4 is 0 Å². The van der Waals surface area contributed by atoms with Crippen LogP contribution in [0.1, 0.15) is 0 Å². The number of rotatable bonds is 2. The van der Waals surface area contributed by atoms with Crippen molar-refractivity contribution in [3.05, 3.63) is 48.6 Å². The van der Waals surface area contributed by atoms with Gasteiger partial charge in [-0.15, -0.1) is 24.8 Å². The summed E-state index contributed by atoms with van der Waals surface area (Å²) in [6, 6.07) is 0. The Balaban J connectivity index is 0.00000112. The van der Waals surface area contributed by atoms with E-state index in [0.29, 0.717) is 0 Å². The van der Waals surface area contributed by atoms with Crippen molar-refractivity contribution >= 4 is 32.4 Å². The molecule has 0 aromatic rings. The molecule has 0 nitrogen and oxygen atoms in total. The fourth-order valence-electron chi connectivity index (χ4n) is 2.35. The molecule has 2 aliphatic rings. The van der Waals surface area contributed by atoms with Crippen molar-refractivity contribution in [1.82, 2.24) is 0 Å². The van der Waals surface area contributed by atoms with E-state index in [1.807, 2.05) is 0 Å². The third kappa shape index (κ3) is 2.83. The SMILES string of the molecule is Cl.Cl.[CH3][Ti]([CH3])(=[SiH2])([CH]1C=CC=C1)[CH]1C=CC=C1. The van der Waals surface area contributed by atoms with Gasteiger partial charge in [-0.05, 0) is 0 Å².